The number of rotatable bonds is 11. The first-order valence-electron chi connectivity index (χ1n) is 10.1. The van der Waals surface area contributed by atoms with Crippen LogP contribution in [0.5, 0.6) is 0 Å². The summed E-state index contributed by atoms with van der Waals surface area (Å²) in [5.41, 5.74) is 5.01. The highest BCUT2D eigenvalue weighted by atomic mass is 32.2. The van der Waals surface area contributed by atoms with Crippen LogP contribution in [0.2, 0.25) is 0 Å². The van der Waals surface area contributed by atoms with Crippen LogP contribution in [0.15, 0.2) is 21.7 Å². The molecule has 0 radical (unpaired) electrons. The van der Waals surface area contributed by atoms with Gasteiger partial charge in [0.15, 0.2) is 11.2 Å². The van der Waals surface area contributed by atoms with Crippen LogP contribution in [0.4, 0.5) is 5.13 Å². The van der Waals surface area contributed by atoms with Crippen molar-refractivity contribution in [3.63, 3.8) is 0 Å². The SMILES string of the molecule is CNCc1cnn(CC2C(N=C/C(=N\OC3(C(=O)O)CC3)c3csc(N)n3)C(=O)N2S(=O)(=O)O)n1. The van der Waals surface area contributed by atoms with Gasteiger partial charge in [-0.2, -0.15) is 23.4 Å². The quantitative estimate of drug-likeness (QED) is 0.114. The van der Waals surface area contributed by atoms with Gasteiger partial charge in [-0.15, -0.1) is 11.3 Å². The van der Waals surface area contributed by atoms with Gasteiger partial charge in [-0.3, -0.25) is 14.3 Å². The lowest BCUT2D eigenvalue weighted by Crippen LogP contribution is -2.67. The number of anilines is 1. The van der Waals surface area contributed by atoms with Crippen LogP contribution < -0.4 is 11.1 Å². The number of carbonyl (C=O) groups excluding carboxylic acids is 1. The smallest absolute Gasteiger partial charge is 0.362 e. The molecule has 1 aliphatic carbocycles. The Balaban J connectivity index is 1.59. The number of oxime groups is 1. The summed E-state index contributed by atoms with van der Waals surface area (Å²) in [4.78, 5) is 38.5. The lowest BCUT2D eigenvalue weighted by molar-refractivity contribution is -0.153. The molecule has 188 valence electrons. The van der Waals surface area contributed by atoms with Crippen LogP contribution in [0.25, 0.3) is 0 Å². The van der Waals surface area contributed by atoms with Crippen LogP contribution in [0, 0.1) is 0 Å². The number of nitrogens with one attached hydrogen (secondary N) is 1. The third kappa shape index (κ3) is 5.14. The van der Waals surface area contributed by atoms with Crippen LogP contribution in [-0.4, -0.2) is 90.9 Å². The van der Waals surface area contributed by atoms with Crippen molar-refractivity contribution in [3.8, 4) is 0 Å². The number of hydrogen-bond donors (Lipinski definition) is 4. The molecule has 2 atom stereocenters. The van der Waals surface area contributed by atoms with Crippen LogP contribution in [-0.2, 0) is 37.8 Å². The van der Waals surface area contributed by atoms with Crippen molar-refractivity contribution in [1.82, 2.24) is 29.6 Å². The number of carboxylic acid groups (broad SMARTS) is 1. The van der Waals surface area contributed by atoms with E-state index < -0.39 is 39.9 Å². The number of carbonyl (C=O) groups is 2. The zero-order valence-corrected chi connectivity index (χ0v) is 19.8. The summed E-state index contributed by atoms with van der Waals surface area (Å²) in [7, 11) is -3.14. The summed E-state index contributed by atoms with van der Waals surface area (Å²) in [6, 6.07) is -2.36. The van der Waals surface area contributed by atoms with E-state index in [1.165, 1.54) is 16.4 Å². The summed E-state index contributed by atoms with van der Waals surface area (Å²) >= 11 is 1.09. The summed E-state index contributed by atoms with van der Waals surface area (Å²) < 4.78 is 33.3. The molecule has 2 fully saturated rings. The molecule has 4 rings (SSSR count). The number of nitrogen functional groups attached to an aromatic ring is 1. The fourth-order valence-corrected chi connectivity index (χ4v) is 4.68. The van der Waals surface area contributed by atoms with E-state index in [9.17, 15) is 27.7 Å². The molecule has 5 N–H and O–H groups in total. The number of hydrogen-bond acceptors (Lipinski definition) is 13. The normalized spacial score (nSPS) is 21.8. The summed E-state index contributed by atoms with van der Waals surface area (Å²) in [5.74, 6) is -2.14. The third-order valence-corrected chi connectivity index (χ3v) is 6.85. The van der Waals surface area contributed by atoms with Gasteiger partial charge in [0, 0.05) is 24.8 Å². The minimum atomic E-state index is -4.86. The first-order chi connectivity index (χ1) is 16.5. The van der Waals surface area contributed by atoms with E-state index in [4.69, 9.17) is 10.6 Å². The monoisotopic (exact) mass is 527 g/mol. The van der Waals surface area contributed by atoms with Crippen molar-refractivity contribution in [2.75, 3.05) is 12.8 Å². The number of aliphatic imine (C=N–C) groups is 1. The van der Waals surface area contributed by atoms with Gasteiger partial charge in [0.2, 0.25) is 5.60 Å². The second-order valence-electron chi connectivity index (χ2n) is 7.76. The van der Waals surface area contributed by atoms with Crippen molar-refractivity contribution in [1.29, 1.82) is 0 Å². The molecule has 0 aromatic carbocycles. The molecule has 2 aromatic heterocycles. The molecule has 2 aromatic rings. The van der Waals surface area contributed by atoms with Crippen molar-refractivity contribution in [3.05, 3.63) is 23.0 Å². The van der Waals surface area contributed by atoms with Gasteiger partial charge >= 0.3 is 16.3 Å². The molecule has 1 amide bonds. The zero-order valence-electron chi connectivity index (χ0n) is 18.2. The van der Waals surface area contributed by atoms with Gasteiger partial charge in [-0.1, -0.05) is 5.16 Å². The standard InChI is InChI=1S/C17H21N9O7S2/c1-19-4-9-5-21-25(23-9)7-12-13(14(27)26(12)35(30,31)32)20-6-10(11-8-34-16(18)22-11)24-33-17(2-3-17)15(28)29/h5-6,8,12-13,19H,2-4,7H2,1H3,(H2,18,22)(H,28,29)(H,30,31,32)/b20-6?,24-10+. The van der Waals surface area contributed by atoms with Crippen molar-refractivity contribution < 1.29 is 32.5 Å². The maximum atomic E-state index is 12.5. The number of nitrogens with two attached hydrogens (primary N) is 1. The Morgan fingerprint density at radius 2 is 2.23 bits per heavy atom. The number of thiazole rings is 1. The Kier molecular flexibility index (Phi) is 6.54. The first kappa shape index (κ1) is 24.6. The number of carboxylic acids is 1. The predicted molar refractivity (Wildman–Crippen MR) is 121 cm³/mol. The second-order valence-corrected chi connectivity index (χ2v) is 9.94. The van der Waals surface area contributed by atoms with Crippen molar-refractivity contribution in [2.45, 2.75) is 43.6 Å². The van der Waals surface area contributed by atoms with Crippen molar-refractivity contribution in [2.24, 2.45) is 10.1 Å². The third-order valence-electron chi connectivity index (χ3n) is 5.23. The number of aromatic nitrogens is 4. The van der Waals surface area contributed by atoms with Gasteiger partial charge in [0.1, 0.15) is 17.4 Å². The Morgan fingerprint density at radius 3 is 2.80 bits per heavy atom. The van der Waals surface area contributed by atoms with Crippen LogP contribution >= 0.6 is 11.3 Å². The molecule has 16 nitrogen and oxygen atoms in total. The Labute approximate surface area is 202 Å². The van der Waals surface area contributed by atoms with Gasteiger partial charge in [-0.05, 0) is 7.05 Å². The summed E-state index contributed by atoms with van der Waals surface area (Å²) in [5, 5.41) is 26.0. The molecule has 0 spiro atoms. The highest BCUT2D eigenvalue weighted by molar-refractivity contribution is 7.84. The van der Waals surface area contributed by atoms with E-state index >= 15 is 0 Å². The Hall–Kier alpha value is -3.48. The van der Waals surface area contributed by atoms with Gasteiger partial charge in [-0.25, -0.2) is 14.1 Å². The minimum Gasteiger partial charge on any atom is -0.478 e. The first-order valence-corrected chi connectivity index (χ1v) is 12.4. The van der Waals surface area contributed by atoms with Gasteiger partial charge < -0.3 is 21.0 Å². The zero-order chi connectivity index (χ0) is 25.4. The van der Waals surface area contributed by atoms with E-state index in [2.05, 4.69) is 30.6 Å². The molecule has 1 aliphatic heterocycles. The average molecular weight is 528 g/mol. The number of β-lactam (4-membered cyclic amide) rings is 1. The Morgan fingerprint density at radius 1 is 1.49 bits per heavy atom. The number of amides is 1. The fraction of sp³-hybridized carbons (Fsp3) is 0.471. The maximum Gasteiger partial charge on any atom is 0.362 e. The predicted octanol–water partition coefficient (Wildman–Crippen LogP) is -1.47. The highest BCUT2D eigenvalue weighted by Crippen LogP contribution is 2.40. The van der Waals surface area contributed by atoms with E-state index in [0.29, 0.717) is 16.5 Å². The summed E-state index contributed by atoms with van der Waals surface area (Å²) in [6.07, 6.45) is 3.13. The van der Waals surface area contributed by atoms with Gasteiger partial charge in [0.25, 0.3) is 5.91 Å². The van der Waals surface area contributed by atoms with E-state index in [1.807, 2.05) is 0 Å². The number of nitrogens with zero attached hydrogens (tertiary/aromatic N) is 7. The fourth-order valence-electron chi connectivity index (χ4n) is 3.26. The molecule has 2 unspecified atom stereocenters. The molecule has 0 bridgehead atoms. The summed E-state index contributed by atoms with van der Waals surface area (Å²) in [6.45, 7) is 0.244. The van der Waals surface area contributed by atoms with Gasteiger partial charge in [0.05, 0.1) is 24.7 Å². The highest BCUT2D eigenvalue weighted by Gasteiger charge is 2.55. The molecule has 2 aliphatic rings. The van der Waals surface area contributed by atoms with E-state index in [0.717, 1.165) is 17.6 Å². The molecule has 1 saturated carbocycles. The molecule has 3 heterocycles. The minimum absolute atomic E-state index is 0.0177. The lowest BCUT2D eigenvalue weighted by Gasteiger charge is -2.41. The molecule has 1 saturated heterocycles. The molecule has 18 heteroatoms. The van der Waals surface area contributed by atoms with E-state index in [1.54, 1.807) is 7.05 Å². The van der Waals surface area contributed by atoms with E-state index in [-0.39, 0.29) is 35.9 Å². The maximum absolute atomic E-state index is 12.5. The average Bonchev–Trinajstić information content (AvgIpc) is 3.25. The largest absolute Gasteiger partial charge is 0.478 e. The Bertz CT molecular complexity index is 1300. The lowest BCUT2D eigenvalue weighted by atomic mass is 9.99. The molecule has 35 heavy (non-hydrogen) atoms. The van der Waals surface area contributed by atoms with Crippen LogP contribution in [0.1, 0.15) is 24.2 Å². The topological polar surface area (TPSA) is 228 Å². The molecular formula is C17H21N9O7S2. The van der Waals surface area contributed by atoms with Crippen LogP contribution in [0.3, 0.4) is 0 Å². The molecular weight excluding hydrogens is 506 g/mol. The van der Waals surface area contributed by atoms with Crippen molar-refractivity contribution >= 4 is 50.6 Å². The second kappa shape index (κ2) is 9.29. The number of aliphatic carboxylic acids is 1.